The fourth-order valence-electron chi connectivity index (χ4n) is 2.98. The fraction of sp³-hybridized carbons (Fsp3) is 0.684. The number of halogens is 4. The van der Waals surface area contributed by atoms with Crippen molar-refractivity contribution in [2.24, 2.45) is 4.99 Å². The Morgan fingerprint density at radius 2 is 2.00 bits per heavy atom. The Morgan fingerprint density at radius 1 is 1.27 bits per heavy atom. The van der Waals surface area contributed by atoms with Gasteiger partial charge in [0.05, 0.1) is 18.7 Å². The molecule has 0 amide bonds. The Balaban J connectivity index is 0.00000450. The van der Waals surface area contributed by atoms with Crippen molar-refractivity contribution in [3.8, 4) is 5.88 Å². The van der Waals surface area contributed by atoms with E-state index in [1.807, 2.05) is 6.92 Å². The minimum Gasteiger partial charge on any atom is -0.476 e. The summed E-state index contributed by atoms with van der Waals surface area (Å²) in [5, 5.41) is 6.65. The van der Waals surface area contributed by atoms with Crippen LogP contribution in [0.25, 0.3) is 0 Å². The molecule has 172 valence electrons. The number of guanidine groups is 1. The molecule has 2 rings (SSSR count). The average molecular weight is 545 g/mol. The molecule has 0 unspecified atom stereocenters. The van der Waals surface area contributed by atoms with E-state index < -0.39 is 11.7 Å². The van der Waals surface area contributed by atoms with Crippen LogP contribution < -0.4 is 15.4 Å². The summed E-state index contributed by atoms with van der Waals surface area (Å²) in [5.41, 5.74) is -0.797. The number of aromatic nitrogens is 1. The van der Waals surface area contributed by atoms with E-state index >= 15 is 0 Å². The molecule has 0 atom stereocenters. The first-order chi connectivity index (χ1) is 13.9. The summed E-state index contributed by atoms with van der Waals surface area (Å²) in [6.45, 7) is 7.05. The topological polar surface area (TPSA) is 71.0 Å². The molecule has 0 aromatic carbocycles. The average Bonchev–Trinajstić information content (AvgIpc) is 2.70. The lowest BCUT2D eigenvalue weighted by molar-refractivity contribution is -0.137. The van der Waals surface area contributed by atoms with Gasteiger partial charge in [-0.15, -0.1) is 24.0 Å². The molecule has 7 nitrogen and oxygen atoms in total. The van der Waals surface area contributed by atoms with Crippen molar-refractivity contribution in [1.29, 1.82) is 0 Å². The van der Waals surface area contributed by atoms with Crippen molar-refractivity contribution in [2.45, 2.75) is 32.0 Å². The van der Waals surface area contributed by atoms with Gasteiger partial charge in [0.15, 0.2) is 5.96 Å². The van der Waals surface area contributed by atoms with Crippen LogP contribution in [0.3, 0.4) is 0 Å². The number of hydrogen-bond donors (Lipinski definition) is 2. The molecule has 0 aliphatic carbocycles. The highest BCUT2D eigenvalue weighted by Crippen LogP contribution is 2.29. The second kappa shape index (κ2) is 13.9. The van der Waals surface area contributed by atoms with Gasteiger partial charge >= 0.3 is 6.18 Å². The number of likely N-dealkylation sites (tertiary alicyclic amines) is 1. The smallest absolute Gasteiger partial charge is 0.417 e. The van der Waals surface area contributed by atoms with Crippen LogP contribution >= 0.6 is 24.0 Å². The quantitative estimate of drug-likeness (QED) is 0.215. The van der Waals surface area contributed by atoms with Crippen molar-refractivity contribution in [1.82, 2.24) is 20.5 Å². The number of alkyl halides is 3. The summed E-state index contributed by atoms with van der Waals surface area (Å²) < 4.78 is 48.1. The van der Waals surface area contributed by atoms with Crippen LogP contribution in [0.4, 0.5) is 13.2 Å². The van der Waals surface area contributed by atoms with E-state index in [1.54, 1.807) is 7.11 Å². The monoisotopic (exact) mass is 545 g/mol. The molecule has 1 aliphatic rings. The first-order valence-corrected chi connectivity index (χ1v) is 9.84. The maximum absolute atomic E-state index is 12.5. The van der Waals surface area contributed by atoms with Crippen LogP contribution in [0.1, 0.15) is 25.3 Å². The van der Waals surface area contributed by atoms with Gasteiger partial charge in [0.25, 0.3) is 0 Å². The van der Waals surface area contributed by atoms with E-state index in [4.69, 9.17) is 9.47 Å². The molecule has 2 N–H and O–H groups in total. The number of methoxy groups -OCH3 is 1. The molecule has 2 heterocycles. The van der Waals surface area contributed by atoms with Gasteiger partial charge in [0.2, 0.25) is 5.88 Å². The number of aliphatic imine (C=N–C) groups is 1. The Labute approximate surface area is 192 Å². The van der Waals surface area contributed by atoms with E-state index in [9.17, 15) is 13.2 Å². The third kappa shape index (κ3) is 9.65. The van der Waals surface area contributed by atoms with Gasteiger partial charge in [-0.2, -0.15) is 13.2 Å². The van der Waals surface area contributed by atoms with Crippen LogP contribution in [-0.4, -0.2) is 74.9 Å². The summed E-state index contributed by atoms with van der Waals surface area (Å²) in [5.74, 6) is 0.862. The molecule has 0 saturated carbocycles. The lowest BCUT2D eigenvalue weighted by Crippen LogP contribution is -2.49. The molecule has 1 aromatic heterocycles. The predicted octanol–water partition coefficient (Wildman–Crippen LogP) is 2.76. The summed E-state index contributed by atoms with van der Waals surface area (Å²) in [4.78, 5) is 10.5. The zero-order chi connectivity index (χ0) is 21.1. The molecule has 1 saturated heterocycles. The number of nitrogens with one attached hydrogen (secondary N) is 2. The lowest BCUT2D eigenvalue weighted by atomic mass is 10.1. The van der Waals surface area contributed by atoms with Gasteiger partial charge in [-0.25, -0.2) is 9.98 Å². The van der Waals surface area contributed by atoms with Gasteiger partial charge in [-0.1, -0.05) is 0 Å². The molecule has 0 spiro atoms. The standard InChI is InChI=1S/C19H30F3N5O2.HI/c1-3-23-18(26-16-6-9-27(10-7-16)11-13-28-2)24-8-12-29-17-5-4-15(14-25-17)19(20,21)22;/h4-5,14,16H,3,6-13H2,1-2H3,(H2,23,24,26);1H. The Morgan fingerprint density at radius 3 is 2.57 bits per heavy atom. The second-order valence-electron chi connectivity index (χ2n) is 6.75. The Hall–Kier alpha value is -1.34. The van der Waals surface area contributed by atoms with Gasteiger partial charge in [-0.05, 0) is 25.8 Å². The Kier molecular flexibility index (Phi) is 12.3. The number of ether oxygens (including phenoxy) is 2. The zero-order valence-corrected chi connectivity index (χ0v) is 19.7. The van der Waals surface area contributed by atoms with Gasteiger partial charge in [-0.3, -0.25) is 0 Å². The lowest BCUT2D eigenvalue weighted by Gasteiger charge is -2.32. The summed E-state index contributed by atoms with van der Waals surface area (Å²) in [6, 6.07) is 2.52. The van der Waals surface area contributed by atoms with Crippen molar-refractivity contribution < 1.29 is 22.6 Å². The van der Waals surface area contributed by atoms with Gasteiger partial charge < -0.3 is 25.0 Å². The minimum absolute atomic E-state index is 0. The van der Waals surface area contributed by atoms with E-state index in [2.05, 4.69) is 25.5 Å². The first-order valence-electron chi connectivity index (χ1n) is 9.84. The van der Waals surface area contributed by atoms with Crippen molar-refractivity contribution in [2.75, 3.05) is 53.0 Å². The molecule has 1 fully saturated rings. The summed E-state index contributed by atoms with van der Waals surface area (Å²) in [7, 11) is 1.71. The van der Waals surface area contributed by atoms with Crippen LogP contribution in [0.15, 0.2) is 23.3 Å². The van der Waals surface area contributed by atoms with E-state index in [-0.39, 0.29) is 36.5 Å². The molecular formula is C19H31F3IN5O2. The summed E-state index contributed by atoms with van der Waals surface area (Å²) >= 11 is 0. The Bertz CT molecular complexity index is 624. The number of hydrogen-bond acceptors (Lipinski definition) is 5. The van der Waals surface area contributed by atoms with Crippen LogP contribution in [0.2, 0.25) is 0 Å². The highest BCUT2D eigenvalue weighted by atomic mass is 127. The van der Waals surface area contributed by atoms with Gasteiger partial charge in [0, 0.05) is 51.6 Å². The number of rotatable bonds is 9. The molecular weight excluding hydrogens is 514 g/mol. The third-order valence-electron chi connectivity index (χ3n) is 4.56. The van der Waals surface area contributed by atoms with Crippen molar-refractivity contribution in [3.05, 3.63) is 23.9 Å². The van der Waals surface area contributed by atoms with Gasteiger partial charge in [0.1, 0.15) is 6.61 Å². The van der Waals surface area contributed by atoms with E-state index in [0.29, 0.717) is 18.5 Å². The predicted molar refractivity (Wildman–Crippen MR) is 121 cm³/mol. The number of pyridine rings is 1. The molecule has 0 radical (unpaired) electrons. The second-order valence-corrected chi connectivity index (χ2v) is 6.75. The third-order valence-corrected chi connectivity index (χ3v) is 4.56. The normalized spacial score (nSPS) is 16.1. The highest BCUT2D eigenvalue weighted by molar-refractivity contribution is 14.0. The number of piperidine rings is 1. The largest absolute Gasteiger partial charge is 0.476 e. The zero-order valence-electron chi connectivity index (χ0n) is 17.4. The molecule has 0 bridgehead atoms. The molecule has 1 aliphatic heterocycles. The van der Waals surface area contributed by atoms with E-state index in [1.165, 1.54) is 6.07 Å². The van der Waals surface area contributed by atoms with Crippen LogP contribution in [-0.2, 0) is 10.9 Å². The van der Waals surface area contributed by atoms with Crippen molar-refractivity contribution in [3.63, 3.8) is 0 Å². The maximum Gasteiger partial charge on any atom is 0.417 e. The minimum atomic E-state index is -4.40. The molecule has 30 heavy (non-hydrogen) atoms. The molecule has 11 heteroatoms. The summed E-state index contributed by atoms with van der Waals surface area (Å²) in [6.07, 6.45) is -1.58. The van der Waals surface area contributed by atoms with E-state index in [0.717, 1.165) is 57.9 Å². The number of nitrogens with zero attached hydrogens (tertiary/aromatic N) is 3. The molecule has 1 aromatic rings. The first kappa shape index (κ1) is 26.7. The van der Waals surface area contributed by atoms with Crippen molar-refractivity contribution >= 4 is 29.9 Å². The fourth-order valence-corrected chi connectivity index (χ4v) is 2.98. The van der Waals surface area contributed by atoms with Crippen LogP contribution in [0, 0.1) is 0 Å². The SMILES string of the molecule is CCNC(=NCCOc1ccc(C(F)(F)F)cn1)NC1CCN(CCOC)CC1.I. The maximum atomic E-state index is 12.5. The van der Waals surface area contributed by atoms with Crippen LogP contribution in [0.5, 0.6) is 5.88 Å². The highest BCUT2D eigenvalue weighted by Gasteiger charge is 2.30.